The molecule has 4 aromatic rings. The lowest BCUT2D eigenvalue weighted by Gasteiger charge is -2.22. The van der Waals surface area contributed by atoms with Crippen LogP contribution in [0.3, 0.4) is 0 Å². The minimum Gasteiger partial charge on any atom is -0.455 e. The highest BCUT2D eigenvalue weighted by Gasteiger charge is 2.24. The van der Waals surface area contributed by atoms with Gasteiger partial charge >= 0.3 is 5.97 Å². The first kappa shape index (κ1) is 25.4. The number of rotatable bonds is 5. The lowest BCUT2D eigenvalue weighted by atomic mass is 9.99. The van der Waals surface area contributed by atoms with Crippen LogP contribution >= 0.6 is 11.6 Å². The Bertz CT molecular complexity index is 1530. The van der Waals surface area contributed by atoms with Gasteiger partial charge in [-0.15, -0.1) is 0 Å². The Morgan fingerprint density at radius 2 is 1.94 bits per heavy atom. The molecule has 9 heteroatoms. The summed E-state index contributed by atoms with van der Waals surface area (Å²) < 4.78 is 13.5. The predicted molar refractivity (Wildman–Crippen MR) is 141 cm³/mol. The maximum Gasteiger partial charge on any atom is 0.359 e. The van der Waals surface area contributed by atoms with Gasteiger partial charge in [-0.3, -0.25) is 9.48 Å². The van der Waals surface area contributed by atoms with Gasteiger partial charge in [0.05, 0.1) is 28.9 Å². The van der Waals surface area contributed by atoms with Gasteiger partial charge < -0.3 is 14.5 Å². The molecule has 0 fully saturated rings. The van der Waals surface area contributed by atoms with E-state index in [9.17, 15) is 9.59 Å². The fraction of sp³-hybridized carbons (Fsp3) is 0.333. The predicted octanol–water partition coefficient (Wildman–Crippen LogP) is 5.99. The number of esters is 1. The van der Waals surface area contributed by atoms with E-state index in [4.69, 9.17) is 20.8 Å². The van der Waals surface area contributed by atoms with Gasteiger partial charge in [-0.1, -0.05) is 17.7 Å². The first-order valence-electron chi connectivity index (χ1n) is 11.6. The van der Waals surface area contributed by atoms with E-state index in [0.29, 0.717) is 28.0 Å². The summed E-state index contributed by atoms with van der Waals surface area (Å²) in [7, 11) is 1.81. The number of carbonyl (C=O) groups is 1. The van der Waals surface area contributed by atoms with Crippen LogP contribution in [0.4, 0.5) is 5.69 Å². The van der Waals surface area contributed by atoms with E-state index in [2.05, 4.69) is 15.4 Å². The van der Waals surface area contributed by atoms with Crippen LogP contribution in [-0.4, -0.2) is 26.3 Å². The number of carbonyl (C=O) groups excluding carboxylic acids is 1. The van der Waals surface area contributed by atoms with Crippen LogP contribution in [0.25, 0.3) is 22.3 Å². The quantitative estimate of drug-likeness (QED) is 0.261. The summed E-state index contributed by atoms with van der Waals surface area (Å²) in [6.07, 6.45) is 3.47. The van der Waals surface area contributed by atoms with Crippen LogP contribution in [-0.2, 0) is 11.8 Å². The van der Waals surface area contributed by atoms with Gasteiger partial charge in [-0.05, 0) is 65.3 Å². The van der Waals surface area contributed by atoms with Gasteiger partial charge in [-0.25, -0.2) is 9.78 Å². The number of benzene rings is 1. The summed E-state index contributed by atoms with van der Waals surface area (Å²) in [5.74, 6) is -0.115. The van der Waals surface area contributed by atoms with Crippen LogP contribution < -0.4 is 10.7 Å². The Hall–Kier alpha value is -3.65. The fourth-order valence-electron chi connectivity index (χ4n) is 4.05. The molecule has 4 rings (SSSR count). The normalized spacial score (nSPS) is 12.6. The largest absolute Gasteiger partial charge is 0.455 e. The Morgan fingerprint density at radius 3 is 2.58 bits per heavy atom. The number of aromatic nitrogens is 3. The second-order valence-electron chi connectivity index (χ2n) is 9.92. The van der Waals surface area contributed by atoms with Gasteiger partial charge in [0.2, 0.25) is 0 Å². The molecule has 1 atom stereocenters. The number of halogens is 1. The first-order valence-corrected chi connectivity index (χ1v) is 11.9. The smallest absolute Gasteiger partial charge is 0.359 e. The minimum absolute atomic E-state index is 0.0783. The van der Waals surface area contributed by atoms with Crippen molar-refractivity contribution in [2.75, 3.05) is 5.32 Å². The molecule has 36 heavy (non-hydrogen) atoms. The Labute approximate surface area is 214 Å². The molecule has 0 aliphatic carbocycles. The molecule has 0 saturated carbocycles. The molecule has 0 amide bonds. The molecule has 1 N–H and O–H groups in total. The van der Waals surface area contributed by atoms with E-state index >= 15 is 0 Å². The second-order valence-corrected chi connectivity index (χ2v) is 10.3. The zero-order chi connectivity index (χ0) is 26.4. The average molecular weight is 509 g/mol. The number of hydrogen-bond donors (Lipinski definition) is 1. The highest BCUT2D eigenvalue weighted by Crippen LogP contribution is 2.33. The molecule has 0 saturated heterocycles. The lowest BCUT2D eigenvalue weighted by Crippen LogP contribution is -2.25. The SMILES string of the molecule is Cc1cc([C@@H](C)Nc2ccc(Cl)nc2C(=O)OC(C)(C)C)c2oc(-c3cnn(C)c3)c(C)c(=O)c2c1. The fourth-order valence-corrected chi connectivity index (χ4v) is 4.20. The Morgan fingerprint density at radius 1 is 1.22 bits per heavy atom. The molecule has 8 nitrogen and oxygen atoms in total. The number of hydrogen-bond acceptors (Lipinski definition) is 7. The maximum atomic E-state index is 13.3. The lowest BCUT2D eigenvalue weighted by molar-refractivity contribution is 0.00640. The Balaban J connectivity index is 1.82. The summed E-state index contributed by atoms with van der Waals surface area (Å²) in [4.78, 5) is 30.4. The summed E-state index contributed by atoms with van der Waals surface area (Å²) >= 11 is 6.09. The van der Waals surface area contributed by atoms with Crippen LogP contribution in [0.2, 0.25) is 5.15 Å². The third-order valence-corrected chi connectivity index (χ3v) is 5.86. The van der Waals surface area contributed by atoms with E-state index in [1.54, 1.807) is 64.0 Å². The van der Waals surface area contributed by atoms with Crippen LogP contribution in [0, 0.1) is 13.8 Å². The van der Waals surface area contributed by atoms with E-state index in [0.717, 1.165) is 16.7 Å². The summed E-state index contributed by atoms with van der Waals surface area (Å²) in [5, 5.41) is 8.22. The monoisotopic (exact) mass is 508 g/mol. The summed E-state index contributed by atoms with van der Waals surface area (Å²) in [6.45, 7) is 11.0. The van der Waals surface area contributed by atoms with Gasteiger partial charge in [-0.2, -0.15) is 5.10 Å². The molecule has 3 heterocycles. The van der Waals surface area contributed by atoms with E-state index in [1.807, 2.05) is 26.0 Å². The van der Waals surface area contributed by atoms with Gasteiger partial charge in [0.15, 0.2) is 11.1 Å². The first-order chi connectivity index (χ1) is 16.8. The van der Waals surface area contributed by atoms with Crippen LogP contribution in [0.1, 0.15) is 60.9 Å². The molecule has 0 bridgehead atoms. The molecule has 0 unspecified atom stereocenters. The van der Waals surface area contributed by atoms with Crippen molar-refractivity contribution >= 4 is 34.2 Å². The topological polar surface area (TPSA) is 99.2 Å². The molecule has 0 aliphatic rings. The van der Waals surface area contributed by atoms with Crippen molar-refractivity contribution < 1.29 is 13.9 Å². The standard InChI is InChI=1S/C27H29ClN4O4/c1-14-10-18(16(3)30-20-8-9-21(28)31-22(20)26(34)36-27(4,5)6)25-19(11-14)23(33)15(2)24(35-25)17-12-29-32(7)13-17/h8-13,16,30H,1-7H3/t16-/m1/s1. The van der Waals surface area contributed by atoms with Crippen molar-refractivity contribution in [1.82, 2.24) is 14.8 Å². The third-order valence-electron chi connectivity index (χ3n) is 5.65. The summed E-state index contributed by atoms with van der Waals surface area (Å²) in [5.41, 5.74) is 3.11. The van der Waals surface area contributed by atoms with Crippen molar-refractivity contribution in [3.05, 3.63) is 74.4 Å². The van der Waals surface area contributed by atoms with Crippen molar-refractivity contribution in [3.63, 3.8) is 0 Å². The molecule has 3 aromatic heterocycles. The number of pyridine rings is 1. The number of nitrogens with one attached hydrogen (secondary N) is 1. The second kappa shape index (κ2) is 9.43. The van der Waals surface area contributed by atoms with Crippen LogP contribution in [0.15, 0.2) is 45.9 Å². The third kappa shape index (κ3) is 5.14. The van der Waals surface area contributed by atoms with Crippen molar-refractivity contribution in [2.45, 2.75) is 53.2 Å². The molecule has 1 aromatic carbocycles. The molecule has 188 valence electrons. The van der Waals surface area contributed by atoms with Crippen molar-refractivity contribution in [2.24, 2.45) is 7.05 Å². The minimum atomic E-state index is -0.694. The number of anilines is 1. The van der Waals surface area contributed by atoms with Gasteiger partial charge in [0.1, 0.15) is 22.1 Å². The zero-order valence-electron chi connectivity index (χ0n) is 21.4. The van der Waals surface area contributed by atoms with E-state index in [-0.39, 0.29) is 22.3 Å². The van der Waals surface area contributed by atoms with Crippen molar-refractivity contribution in [1.29, 1.82) is 0 Å². The maximum absolute atomic E-state index is 13.3. The van der Waals surface area contributed by atoms with Crippen LogP contribution in [0.5, 0.6) is 0 Å². The number of nitrogens with zero attached hydrogens (tertiary/aromatic N) is 3. The molecule has 0 aliphatic heterocycles. The highest BCUT2D eigenvalue weighted by atomic mass is 35.5. The highest BCUT2D eigenvalue weighted by molar-refractivity contribution is 6.29. The molecular weight excluding hydrogens is 480 g/mol. The van der Waals surface area contributed by atoms with Gasteiger partial charge in [0.25, 0.3) is 0 Å². The van der Waals surface area contributed by atoms with E-state index in [1.165, 1.54) is 0 Å². The zero-order valence-corrected chi connectivity index (χ0v) is 22.1. The average Bonchev–Trinajstić information content (AvgIpc) is 3.22. The van der Waals surface area contributed by atoms with E-state index < -0.39 is 11.6 Å². The van der Waals surface area contributed by atoms with Gasteiger partial charge in [0, 0.05) is 24.4 Å². The number of ether oxygens (including phenoxy) is 1. The molecular formula is C27H29ClN4O4. The van der Waals surface area contributed by atoms with Crippen molar-refractivity contribution in [3.8, 4) is 11.3 Å². The Kier molecular flexibility index (Phi) is 6.66. The molecule has 0 radical (unpaired) electrons. The summed E-state index contributed by atoms with van der Waals surface area (Å²) in [6, 6.07) is 6.71. The number of aryl methyl sites for hydroxylation is 2. The molecule has 0 spiro atoms. The number of fused-ring (bicyclic) bond motifs is 1.